The number of hydrogen-bond acceptors (Lipinski definition) is 2. The summed E-state index contributed by atoms with van der Waals surface area (Å²) < 4.78 is 0. The highest BCUT2D eigenvalue weighted by atomic mass is 35.5. The van der Waals surface area contributed by atoms with Gasteiger partial charge in [-0.15, -0.1) is 0 Å². The van der Waals surface area contributed by atoms with Crippen LogP contribution in [0.2, 0.25) is 10.0 Å². The topological polar surface area (TPSA) is 15.3 Å². The molecular formula is C18H20Cl2N2. The molecule has 1 fully saturated rings. The summed E-state index contributed by atoms with van der Waals surface area (Å²) >= 11 is 12.5. The summed E-state index contributed by atoms with van der Waals surface area (Å²) in [4.78, 5) is 2.38. The molecule has 0 spiro atoms. The predicted molar refractivity (Wildman–Crippen MR) is 96.3 cm³/mol. The summed E-state index contributed by atoms with van der Waals surface area (Å²) in [5.74, 6) is 0. The molecule has 0 radical (unpaired) electrons. The van der Waals surface area contributed by atoms with Crippen molar-refractivity contribution in [1.82, 2.24) is 0 Å². The molecule has 2 aromatic rings. The molecule has 0 aromatic heterocycles. The second kappa shape index (κ2) is 7.26. The van der Waals surface area contributed by atoms with Crippen molar-refractivity contribution in [3.8, 4) is 0 Å². The van der Waals surface area contributed by atoms with E-state index in [4.69, 9.17) is 23.2 Å². The third kappa shape index (κ3) is 3.88. The monoisotopic (exact) mass is 334 g/mol. The molecule has 0 amide bonds. The van der Waals surface area contributed by atoms with Gasteiger partial charge in [0.05, 0.1) is 10.7 Å². The standard InChI is InChI=1S/C18H20Cl2N2/c19-15-6-4-5-14(11-15)13-21-16-7-8-18(17(20)12-16)22-9-2-1-3-10-22/h4-8,11-12,21H,1-3,9-10,13H2. The Balaban J connectivity index is 1.66. The first-order valence-corrected chi connectivity index (χ1v) is 8.51. The second-order valence-electron chi connectivity index (χ2n) is 5.70. The third-order valence-corrected chi connectivity index (χ3v) is 4.57. The van der Waals surface area contributed by atoms with Gasteiger partial charge in [-0.3, -0.25) is 0 Å². The van der Waals surface area contributed by atoms with Gasteiger partial charge in [0.2, 0.25) is 0 Å². The van der Waals surface area contributed by atoms with E-state index in [1.54, 1.807) is 0 Å². The van der Waals surface area contributed by atoms with Gasteiger partial charge in [-0.05, 0) is 55.2 Å². The summed E-state index contributed by atoms with van der Waals surface area (Å²) in [6.07, 6.45) is 3.84. The molecule has 0 saturated carbocycles. The number of rotatable bonds is 4. The molecule has 1 heterocycles. The fraction of sp³-hybridized carbons (Fsp3) is 0.333. The van der Waals surface area contributed by atoms with Crippen molar-refractivity contribution in [1.29, 1.82) is 0 Å². The molecule has 0 aliphatic carbocycles. The fourth-order valence-corrected chi connectivity index (χ4v) is 3.37. The van der Waals surface area contributed by atoms with Crippen LogP contribution in [0.15, 0.2) is 42.5 Å². The Bertz CT molecular complexity index is 637. The molecule has 1 aliphatic heterocycles. The van der Waals surface area contributed by atoms with Gasteiger partial charge in [-0.2, -0.15) is 0 Å². The molecule has 116 valence electrons. The summed E-state index contributed by atoms with van der Waals surface area (Å²) in [5.41, 5.74) is 3.34. The number of piperidine rings is 1. The van der Waals surface area contributed by atoms with E-state index in [1.165, 1.54) is 19.3 Å². The highest BCUT2D eigenvalue weighted by Gasteiger charge is 2.13. The van der Waals surface area contributed by atoms with E-state index in [2.05, 4.69) is 28.4 Å². The van der Waals surface area contributed by atoms with Crippen LogP contribution < -0.4 is 10.2 Å². The lowest BCUT2D eigenvalue weighted by Gasteiger charge is -2.29. The van der Waals surface area contributed by atoms with Gasteiger partial charge >= 0.3 is 0 Å². The number of halogens is 2. The van der Waals surface area contributed by atoms with Crippen molar-refractivity contribution in [2.24, 2.45) is 0 Å². The number of anilines is 2. The fourth-order valence-electron chi connectivity index (χ4n) is 2.86. The van der Waals surface area contributed by atoms with Crippen LogP contribution in [-0.2, 0) is 6.54 Å². The SMILES string of the molecule is Clc1cccc(CNc2ccc(N3CCCCC3)c(Cl)c2)c1. The smallest absolute Gasteiger partial charge is 0.0660 e. The summed E-state index contributed by atoms with van der Waals surface area (Å²) in [6.45, 7) is 2.95. The summed E-state index contributed by atoms with van der Waals surface area (Å²) in [5, 5.41) is 4.98. The zero-order valence-corrected chi connectivity index (χ0v) is 14.0. The van der Waals surface area contributed by atoms with Crippen molar-refractivity contribution in [3.63, 3.8) is 0 Å². The normalized spacial score (nSPS) is 14.9. The molecule has 1 N–H and O–H groups in total. The van der Waals surface area contributed by atoms with E-state index >= 15 is 0 Å². The number of hydrogen-bond donors (Lipinski definition) is 1. The molecule has 0 bridgehead atoms. The maximum atomic E-state index is 6.47. The second-order valence-corrected chi connectivity index (χ2v) is 6.54. The van der Waals surface area contributed by atoms with Crippen LogP contribution in [0, 0.1) is 0 Å². The lowest BCUT2D eigenvalue weighted by Crippen LogP contribution is -2.29. The number of nitrogens with zero attached hydrogens (tertiary/aromatic N) is 1. The molecule has 2 nitrogen and oxygen atoms in total. The Kier molecular flexibility index (Phi) is 5.12. The maximum absolute atomic E-state index is 6.47. The van der Waals surface area contributed by atoms with Crippen LogP contribution in [0.1, 0.15) is 24.8 Å². The summed E-state index contributed by atoms with van der Waals surface area (Å²) in [6, 6.07) is 14.1. The van der Waals surface area contributed by atoms with Crippen molar-refractivity contribution in [2.75, 3.05) is 23.3 Å². The van der Waals surface area contributed by atoms with E-state index in [-0.39, 0.29) is 0 Å². The minimum Gasteiger partial charge on any atom is -0.381 e. The Hall–Kier alpha value is -1.38. The predicted octanol–water partition coefficient (Wildman–Crippen LogP) is 5.60. The average molecular weight is 335 g/mol. The van der Waals surface area contributed by atoms with Crippen LogP contribution in [0.3, 0.4) is 0 Å². The molecule has 1 saturated heterocycles. The lowest BCUT2D eigenvalue weighted by atomic mass is 10.1. The highest BCUT2D eigenvalue weighted by Crippen LogP contribution is 2.31. The first kappa shape index (κ1) is 15.5. The highest BCUT2D eigenvalue weighted by molar-refractivity contribution is 6.33. The molecule has 0 unspecified atom stereocenters. The molecule has 22 heavy (non-hydrogen) atoms. The first-order chi connectivity index (χ1) is 10.7. The van der Waals surface area contributed by atoms with Gasteiger partial charge in [0.15, 0.2) is 0 Å². The van der Waals surface area contributed by atoms with E-state index in [1.807, 2.05) is 24.3 Å². The average Bonchev–Trinajstić information content (AvgIpc) is 2.54. The van der Waals surface area contributed by atoms with Crippen molar-refractivity contribution < 1.29 is 0 Å². The first-order valence-electron chi connectivity index (χ1n) is 7.75. The zero-order chi connectivity index (χ0) is 15.4. The van der Waals surface area contributed by atoms with Gasteiger partial charge in [0, 0.05) is 30.3 Å². The Labute approximate surface area is 142 Å². The lowest BCUT2D eigenvalue weighted by molar-refractivity contribution is 0.578. The van der Waals surface area contributed by atoms with Gasteiger partial charge in [-0.25, -0.2) is 0 Å². The van der Waals surface area contributed by atoms with Crippen LogP contribution in [-0.4, -0.2) is 13.1 Å². The zero-order valence-electron chi connectivity index (χ0n) is 12.5. The molecule has 4 heteroatoms. The minimum atomic E-state index is 0.736. The van der Waals surface area contributed by atoms with Gasteiger partial charge in [0.25, 0.3) is 0 Å². The molecule has 3 rings (SSSR count). The van der Waals surface area contributed by atoms with Gasteiger partial charge < -0.3 is 10.2 Å². The van der Waals surface area contributed by atoms with Crippen molar-refractivity contribution in [3.05, 3.63) is 58.1 Å². The largest absolute Gasteiger partial charge is 0.381 e. The van der Waals surface area contributed by atoms with Crippen LogP contribution in [0.5, 0.6) is 0 Å². The van der Waals surface area contributed by atoms with Crippen LogP contribution in [0.25, 0.3) is 0 Å². The van der Waals surface area contributed by atoms with Gasteiger partial charge in [-0.1, -0.05) is 35.3 Å². The number of benzene rings is 2. The van der Waals surface area contributed by atoms with Crippen molar-refractivity contribution >= 4 is 34.6 Å². The van der Waals surface area contributed by atoms with Crippen molar-refractivity contribution in [2.45, 2.75) is 25.8 Å². The van der Waals surface area contributed by atoms with Crippen LogP contribution >= 0.6 is 23.2 Å². The van der Waals surface area contributed by atoms with Gasteiger partial charge in [0.1, 0.15) is 0 Å². The molecule has 2 aromatic carbocycles. The maximum Gasteiger partial charge on any atom is 0.0660 e. The number of nitrogens with one attached hydrogen (secondary N) is 1. The Morgan fingerprint density at radius 3 is 2.50 bits per heavy atom. The Morgan fingerprint density at radius 1 is 0.955 bits per heavy atom. The van der Waals surface area contributed by atoms with E-state index < -0.39 is 0 Å². The van der Waals surface area contributed by atoms with E-state index in [0.717, 1.165) is 46.6 Å². The summed E-state index contributed by atoms with van der Waals surface area (Å²) in [7, 11) is 0. The molecular weight excluding hydrogens is 315 g/mol. The minimum absolute atomic E-state index is 0.736. The quantitative estimate of drug-likeness (QED) is 0.783. The molecule has 0 atom stereocenters. The van der Waals surface area contributed by atoms with E-state index in [9.17, 15) is 0 Å². The Morgan fingerprint density at radius 2 is 1.77 bits per heavy atom. The molecule has 1 aliphatic rings. The van der Waals surface area contributed by atoms with E-state index in [0.29, 0.717) is 0 Å². The van der Waals surface area contributed by atoms with Crippen LogP contribution in [0.4, 0.5) is 11.4 Å². The third-order valence-electron chi connectivity index (χ3n) is 4.03.